The number of nitrogens with one attached hydrogen (secondary N) is 2. The first-order chi connectivity index (χ1) is 11.0. The van der Waals surface area contributed by atoms with Gasteiger partial charge in [-0.05, 0) is 61.0 Å². The highest BCUT2D eigenvalue weighted by Gasteiger charge is 2.04. The number of hydrogen-bond donors (Lipinski definition) is 3. The lowest BCUT2D eigenvalue weighted by Crippen LogP contribution is -2.24. The Kier molecular flexibility index (Phi) is 5.54. The molecule has 6 heteroatoms. The van der Waals surface area contributed by atoms with E-state index in [4.69, 9.17) is 17.0 Å². The molecule has 0 unspecified atom stereocenters. The van der Waals surface area contributed by atoms with E-state index < -0.39 is 0 Å². The van der Waals surface area contributed by atoms with Gasteiger partial charge < -0.3 is 15.2 Å². The van der Waals surface area contributed by atoms with Gasteiger partial charge in [0.2, 0.25) is 0 Å². The van der Waals surface area contributed by atoms with Crippen molar-refractivity contribution in [1.82, 2.24) is 5.43 Å². The van der Waals surface area contributed by atoms with Gasteiger partial charge in [-0.3, -0.25) is 5.43 Å². The van der Waals surface area contributed by atoms with Crippen LogP contribution in [0.2, 0.25) is 0 Å². The highest BCUT2D eigenvalue weighted by atomic mass is 32.1. The summed E-state index contributed by atoms with van der Waals surface area (Å²) in [5, 5.41) is 17.2. The SMILES string of the molecule is COc1cc(/C=N\NC(=S)Nc2c(C)cccc2C)ccc1O. The number of thiocarbonyl (C=S) groups is 1. The summed E-state index contributed by atoms with van der Waals surface area (Å²) in [4.78, 5) is 0. The van der Waals surface area contributed by atoms with Crippen molar-refractivity contribution in [2.24, 2.45) is 5.10 Å². The molecule has 0 spiro atoms. The molecule has 2 rings (SSSR count). The molecule has 0 amide bonds. The molecule has 2 aromatic carbocycles. The van der Waals surface area contributed by atoms with Crippen LogP contribution in [0.15, 0.2) is 41.5 Å². The minimum absolute atomic E-state index is 0.0878. The largest absolute Gasteiger partial charge is 0.504 e. The lowest BCUT2D eigenvalue weighted by Gasteiger charge is -2.12. The highest BCUT2D eigenvalue weighted by molar-refractivity contribution is 7.80. The predicted molar refractivity (Wildman–Crippen MR) is 97.5 cm³/mol. The van der Waals surface area contributed by atoms with Gasteiger partial charge in [-0.2, -0.15) is 5.10 Å². The maximum atomic E-state index is 9.55. The molecule has 23 heavy (non-hydrogen) atoms. The van der Waals surface area contributed by atoms with E-state index in [-0.39, 0.29) is 5.75 Å². The van der Waals surface area contributed by atoms with Crippen molar-refractivity contribution < 1.29 is 9.84 Å². The molecule has 0 fully saturated rings. The monoisotopic (exact) mass is 329 g/mol. The van der Waals surface area contributed by atoms with Crippen molar-refractivity contribution in [2.45, 2.75) is 13.8 Å². The fourth-order valence-electron chi connectivity index (χ4n) is 2.09. The Bertz CT molecular complexity index is 724. The number of ether oxygens (including phenoxy) is 1. The molecule has 3 N–H and O–H groups in total. The number of aromatic hydroxyl groups is 1. The van der Waals surface area contributed by atoms with Crippen LogP contribution in [0.3, 0.4) is 0 Å². The number of hydrazone groups is 1. The van der Waals surface area contributed by atoms with Gasteiger partial charge in [0, 0.05) is 5.69 Å². The summed E-state index contributed by atoms with van der Waals surface area (Å²) in [6.07, 6.45) is 1.60. The third-order valence-corrected chi connectivity index (χ3v) is 3.50. The summed E-state index contributed by atoms with van der Waals surface area (Å²) in [5.41, 5.74) is 6.76. The number of methoxy groups -OCH3 is 1. The van der Waals surface area contributed by atoms with Gasteiger partial charge in [0.15, 0.2) is 16.6 Å². The van der Waals surface area contributed by atoms with E-state index in [1.54, 1.807) is 24.4 Å². The Morgan fingerprint density at radius 1 is 1.22 bits per heavy atom. The van der Waals surface area contributed by atoms with Gasteiger partial charge in [0.05, 0.1) is 13.3 Å². The van der Waals surface area contributed by atoms with Crippen LogP contribution in [-0.2, 0) is 0 Å². The Morgan fingerprint density at radius 2 is 1.91 bits per heavy atom. The van der Waals surface area contributed by atoms with Crippen LogP contribution in [0.5, 0.6) is 11.5 Å². The minimum Gasteiger partial charge on any atom is -0.504 e. The van der Waals surface area contributed by atoms with Crippen LogP contribution in [0, 0.1) is 13.8 Å². The topological polar surface area (TPSA) is 65.9 Å². The number of rotatable bonds is 4. The van der Waals surface area contributed by atoms with E-state index in [2.05, 4.69) is 15.8 Å². The third kappa shape index (κ3) is 4.43. The fourth-order valence-corrected chi connectivity index (χ4v) is 2.25. The molecular formula is C17H19N3O2S. The first kappa shape index (κ1) is 16.8. The maximum Gasteiger partial charge on any atom is 0.191 e. The molecule has 0 aromatic heterocycles. The number of aryl methyl sites for hydroxylation is 2. The van der Waals surface area contributed by atoms with Crippen molar-refractivity contribution >= 4 is 29.2 Å². The Morgan fingerprint density at radius 3 is 2.57 bits per heavy atom. The molecule has 0 heterocycles. The van der Waals surface area contributed by atoms with E-state index in [9.17, 15) is 5.11 Å². The number of para-hydroxylation sites is 1. The first-order valence-corrected chi connectivity index (χ1v) is 7.45. The second-order valence-corrected chi connectivity index (χ2v) is 5.43. The molecule has 0 aliphatic rings. The van der Waals surface area contributed by atoms with Gasteiger partial charge in [-0.25, -0.2) is 0 Å². The van der Waals surface area contributed by atoms with E-state index in [0.717, 1.165) is 22.4 Å². The second kappa shape index (κ2) is 7.60. The van der Waals surface area contributed by atoms with E-state index >= 15 is 0 Å². The Balaban J connectivity index is 1.99. The normalized spacial score (nSPS) is 10.6. The van der Waals surface area contributed by atoms with E-state index in [0.29, 0.717) is 10.9 Å². The van der Waals surface area contributed by atoms with E-state index in [1.165, 1.54) is 7.11 Å². The summed E-state index contributed by atoms with van der Waals surface area (Å²) in [6, 6.07) is 11.0. The van der Waals surface area contributed by atoms with Crippen LogP contribution in [0.4, 0.5) is 5.69 Å². The van der Waals surface area contributed by atoms with Gasteiger partial charge in [-0.1, -0.05) is 18.2 Å². The molecule has 0 aliphatic heterocycles. The second-order valence-electron chi connectivity index (χ2n) is 5.02. The zero-order chi connectivity index (χ0) is 16.8. The summed E-state index contributed by atoms with van der Waals surface area (Å²) < 4.78 is 5.05. The molecule has 5 nitrogen and oxygen atoms in total. The lowest BCUT2D eigenvalue weighted by molar-refractivity contribution is 0.373. The average Bonchev–Trinajstić information content (AvgIpc) is 2.52. The molecule has 2 aromatic rings. The molecular weight excluding hydrogens is 310 g/mol. The lowest BCUT2D eigenvalue weighted by atomic mass is 10.1. The van der Waals surface area contributed by atoms with Crippen molar-refractivity contribution in [3.63, 3.8) is 0 Å². The predicted octanol–water partition coefficient (Wildman–Crippen LogP) is 3.34. The summed E-state index contributed by atoms with van der Waals surface area (Å²) in [6.45, 7) is 4.04. The number of benzene rings is 2. The molecule has 0 atom stereocenters. The maximum absolute atomic E-state index is 9.55. The van der Waals surface area contributed by atoms with Crippen molar-refractivity contribution in [1.29, 1.82) is 0 Å². The number of hydrogen-bond acceptors (Lipinski definition) is 4. The highest BCUT2D eigenvalue weighted by Crippen LogP contribution is 2.25. The third-order valence-electron chi connectivity index (χ3n) is 3.30. The van der Waals surface area contributed by atoms with Crippen molar-refractivity contribution in [3.8, 4) is 11.5 Å². The summed E-state index contributed by atoms with van der Waals surface area (Å²) in [7, 11) is 1.50. The van der Waals surface area contributed by atoms with Gasteiger partial charge in [-0.15, -0.1) is 0 Å². The van der Waals surface area contributed by atoms with Gasteiger partial charge in [0.25, 0.3) is 0 Å². The first-order valence-electron chi connectivity index (χ1n) is 7.04. The molecule has 0 saturated heterocycles. The summed E-state index contributed by atoms with van der Waals surface area (Å²) >= 11 is 5.24. The standard InChI is InChI=1S/C17H19N3O2S/c1-11-5-4-6-12(2)16(11)19-17(23)20-18-10-13-7-8-14(21)15(9-13)22-3/h4-10,21H,1-3H3,(H2,19,20,23)/b18-10-. The zero-order valence-electron chi connectivity index (χ0n) is 13.3. The van der Waals surface area contributed by atoms with Crippen LogP contribution >= 0.6 is 12.2 Å². The zero-order valence-corrected chi connectivity index (χ0v) is 14.1. The number of nitrogens with zero attached hydrogens (tertiary/aromatic N) is 1. The van der Waals surface area contributed by atoms with Gasteiger partial charge in [0.1, 0.15) is 0 Å². The molecule has 0 bridgehead atoms. The Labute approximate surface area is 141 Å². The quantitative estimate of drug-likeness (QED) is 0.456. The van der Waals surface area contributed by atoms with Crippen LogP contribution < -0.4 is 15.5 Å². The van der Waals surface area contributed by atoms with Gasteiger partial charge >= 0.3 is 0 Å². The van der Waals surface area contributed by atoms with E-state index in [1.807, 2.05) is 32.0 Å². The molecule has 0 aliphatic carbocycles. The summed E-state index contributed by atoms with van der Waals surface area (Å²) in [5.74, 6) is 0.481. The molecule has 0 saturated carbocycles. The van der Waals surface area contributed by atoms with Crippen LogP contribution in [0.1, 0.15) is 16.7 Å². The molecule has 120 valence electrons. The van der Waals surface area contributed by atoms with Crippen LogP contribution in [0.25, 0.3) is 0 Å². The Hall–Kier alpha value is -2.60. The fraction of sp³-hybridized carbons (Fsp3) is 0.176. The minimum atomic E-state index is 0.0878. The number of phenols is 1. The molecule has 0 radical (unpaired) electrons. The van der Waals surface area contributed by atoms with Crippen molar-refractivity contribution in [3.05, 3.63) is 53.1 Å². The number of anilines is 1. The average molecular weight is 329 g/mol. The smallest absolute Gasteiger partial charge is 0.191 e. The van der Waals surface area contributed by atoms with Crippen molar-refractivity contribution in [2.75, 3.05) is 12.4 Å². The van der Waals surface area contributed by atoms with Crippen LogP contribution in [-0.4, -0.2) is 23.5 Å². The number of phenolic OH excluding ortho intramolecular Hbond substituents is 1.